The predicted octanol–water partition coefficient (Wildman–Crippen LogP) is 4.02. The SMILES string of the molecule is C=C(C)C(=O)OC(C)C(C)(C)C(C)(C)OC(C)C(C)(O)C(F)(F)F. The molecule has 0 rings (SSSR count). The quantitative estimate of drug-likeness (QED) is 0.554. The van der Waals surface area contributed by atoms with Gasteiger partial charge in [-0.25, -0.2) is 4.79 Å². The Morgan fingerprint density at radius 3 is 1.79 bits per heavy atom. The highest BCUT2D eigenvalue weighted by molar-refractivity contribution is 5.87. The monoisotopic (exact) mass is 354 g/mol. The van der Waals surface area contributed by atoms with Gasteiger partial charge in [-0.15, -0.1) is 0 Å². The van der Waals surface area contributed by atoms with E-state index in [4.69, 9.17) is 9.47 Å². The third kappa shape index (κ3) is 4.72. The van der Waals surface area contributed by atoms with Gasteiger partial charge in [0, 0.05) is 11.0 Å². The molecule has 0 aromatic heterocycles. The van der Waals surface area contributed by atoms with Crippen LogP contribution in [0, 0.1) is 5.41 Å². The summed E-state index contributed by atoms with van der Waals surface area (Å²) in [5.74, 6) is -0.582. The van der Waals surface area contributed by atoms with Gasteiger partial charge in [-0.2, -0.15) is 13.2 Å². The molecule has 0 fully saturated rings. The van der Waals surface area contributed by atoms with E-state index in [9.17, 15) is 23.1 Å². The van der Waals surface area contributed by atoms with Crippen molar-refractivity contribution in [2.45, 2.75) is 85.0 Å². The van der Waals surface area contributed by atoms with Gasteiger partial charge in [-0.3, -0.25) is 0 Å². The smallest absolute Gasteiger partial charge is 0.419 e. The Bertz CT molecular complexity index is 479. The maximum Gasteiger partial charge on any atom is 0.419 e. The van der Waals surface area contributed by atoms with Crippen LogP contribution in [0.5, 0.6) is 0 Å². The van der Waals surface area contributed by atoms with E-state index in [1.807, 2.05) is 0 Å². The van der Waals surface area contributed by atoms with Crippen molar-refractivity contribution >= 4 is 5.97 Å². The highest BCUT2D eigenvalue weighted by atomic mass is 19.4. The maximum absolute atomic E-state index is 13.0. The molecule has 0 amide bonds. The van der Waals surface area contributed by atoms with E-state index in [-0.39, 0.29) is 5.57 Å². The fourth-order valence-corrected chi connectivity index (χ4v) is 1.84. The Kier molecular flexibility index (Phi) is 6.72. The first-order valence-electron chi connectivity index (χ1n) is 7.71. The van der Waals surface area contributed by atoms with Crippen LogP contribution in [-0.2, 0) is 14.3 Å². The molecule has 3 unspecified atom stereocenters. The highest BCUT2D eigenvalue weighted by Crippen LogP contribution is 2.42. The molecule has 0 heterocycles. The van der Waals surface area contributed by atoms with Gasteiger partial charge in [0.15, 0.2) is 5.60 Å². The molecule has 0 saturated heterocycles. The predicted molar refractivity (Wildman–Crippen MR) is 85.5 cm³/mol. The van der Waals surface area contributed by atoms with Crippen LogP contribution in [0.4, 0.5) is 13.2 Å². The number of hydrogen-bond donors (Lipinski definition) is 1. The Labute approximate surface area is 142 Å². The average molecular weight is 354 g/mol. The molecular weight excluding hydrogens is 325 g/mol. The summed E-state index contributed by atoms with van der Waals surface area (Å²) in [7, 11) is 0. The van der Waals surface area contributed by atoms with Crippen molar-refractivity contribution in [3.63, 3.8) is 0 Å². The first-order chi connectivity index (χ1) is 10.4. The standard InChI is InChI=1S/C17H29F3O4/c1-10(2)13(21)23-11(3)14(5,6)15(7,8)24-12(4)16(9,22)17(18,19)20/h11-12,22H,1H2,2-9H3. The number of aliphatic hydroxyl groups is 1. The second kappa shape index (κ2) is 7.04. The molecule has 0 aromatic rings. The third-order valence-electron chi connectivity index (χ3n) is 5.04. The summed E-state index contributed by atoms with van der Waals surface area (Å²) in [6, 6.07) is 0. The lowest BCUT2D eigenvalue weighted by atomic mass is 9.72. The first-order valence-corrected chi connectivity index (χ1v) is 7.71. The normalized spacial score (nSPS) is 18.5. The van der Waals surface area contributed by atoms with Gasteiger partial charge in [0.05, 0.1) is 11.7 Å². The summed E-state index contributed by atoms with van der Waals surface area (Å²) in [6.45, 7) is 15.1. The van der Waals surface area contributed by atoms with Crippen LogP contribution in [0.15, 0.2) is 12.2 Å². The topological polar surface area (TPSA) is 55.8 Å². The second-order valence-corrected chi connectivity index (χ2v) is 7.47. The summed E-state index contributed by atoms with van der Waals surface area (Å²) in [6.07, 6.45) is -7.00. The molecule has 0 aliphatic carbocycles. The number of ether oxygens (including phenoxy) is 2. The van der Waals surface area contributed by atoms with E-state index in [1.54, 1.807) is 34.6 Å². The molecule has 4 nitrogen and oxygen atoms in total. The average Bonchev–Trinajstić information content (AvgIpc) is 2.35. The van der Waals surface area contributed by atoms with Crippen molar-refractivity contribution in [2.24, 2.45) is 5.41 Å². The first kappa shape index (κ1) is 22.9. The van der Waals surface area contributed by atoms with Crippen LogP contribution in [-0.4, -0.2) is 40.7 Å². The summed E-state index contributed by atoms with van der Waals surface area (Å²) >= 11 is 0. The van der Waals surface area contributed by atoms with Crippen LogP contribution in [0.1, 0.15) is 55.4 Å². The van der Waals surface area contributed by atoms with Crippen molar-refractivity contribution in [1.82, 2.24) is 0 Å². The molecule has 24 heavy (non-hydrogen) atoms. The summed E-state index contributed by atoms with van der Waals surface area (Å²) in [5, 5.41) is 9.76. The van der Waals surface area contributed by atoms with Crippen LogP contribution < -0.4 is 0 Å². The summed E-state index contributed by atoms with van der Waals surface area (Å²) < 4.78 is 49.8. The highest BCUT2D eigenvalue weighted by Gasteiger charge is 2.56. The van der Waals surface area contributed by atoms with Gasteiger partial charge in [0.25, 0.3) is 0 Å². The summed E-state index contributed by atoms with van der Waals surface area (Å²) in [4.78, 5) is 11.7. The largest absolute Gasteiger partial charge is 0.459 e. The molecule has 0 aliphatic rings. The Hall–Kier alpha value is -1.08. The number of hydrogen-bond acceptors (Lipinski definition) is 4. The molecule has 1 N–H and O–H groups in total. The van der Waals surface area contributed by atoms with E-state index in [1.165, 1.54) is 6.92 Å². The van der Waals surface area contributed by atoms with Crippen molar-refractivity contribution in [2.75, 3.05) is 0 Å². The minimum absolute atomic E-state index is 0.227. The number of alkyl halides is 3. The Morgan fingerprint density at radius 2 is 1.46 bits per heavy atom. The van der Waals surface area contributed by atoms with Gasteiger partial charge >= 0.3 is 12.1 Å². The maximum atomic E-state index is 13.0. The Balaban J connectivity index is 5.34. The molecule has 0 radical (unpaired) electrons. The van der Waals surface area contributed by atoms with Gasteiger partial charge in [-0.1, -0.05) is 20.4 Å². The van der Waals surface area contributed by atoms with E-state index in [2.05, 4.69) is 6.58 Å². The molecule has 0 aromatic carbocycles. The Morgan fingerprint density at radius 1 is 1.04 bits per heavy atom. The number of carbonyl (C=O) groups excluding carboxylic acids is 1. The molecule has 3 atom stereocenters. The van der Waals surface area contributed by atoms with Gasteiger partial charge in [0.2, 0.25) is 0 Å². The van der Waals surface area contributed by atoms with Gasteiger partial charge in [-0.05, 0) is 41.5 Å². The minimum Gasteiger partial charge on any atom is -0.459 e. The lowest BCUT2D eigenvalue weighted by Crippen LogP contribution is -2.58. The second-order valence-electron chi connectivity index (χ2n) is 7.47. The lowest BCUT2D eigenvalue weighted by Gasteiger charge is -2.47. The molecular formula is C17H29F3O4. The molecule has 7 heteroatoms. The van der Waals surface area contributed by atoms with E-state index in [0.29, 0.717) is 6.92 Å². The fourth-order valence-electron chi connectivity index (χ4n) is 1.84. The van der Waals surface area contributed by atoms with Crippen molar-refractivity contribution in [3.05, 3.63) is 12.2 Å². The molecule has 142 valence electrons. The lowest BCUT2D eigenvalue weighted by molar-refractivity contribution is -0.306. The van der Waals surface area contributed by atoms with Gasteiger partial charge < -0.3 is 14.6 Å². The molecule has 0 spiro atoms. The molecule has 0 aliphatic heterocycles. The van der Waals surface area contributed by atoms with Crippen molar-refractivity contribution < 1.29 is 32.5 Å². The van der Waals surface area contributed by atoms with Crippen LogP contribution in [0.3, 0.4) is 0 Å². The molecule has 0 saturated carbocycles. The number of carbonyl (C=O) groups is 1. The zero-order chi connectivity index (χ0) is 19.7. The van der Waals surface area contributed by atoms with Crippen LogP contribution >= 0.6 is 0 Å². The van der Waals surface area contributed by atoms with Crippen molar-refractivity contribution in [1.29, 1.82) is 0 Å². The number of rotatable bonds is 7. The molecule has 0 bridgehead atoms. The third-order valence-corrected chi connectivity index (χ3v) is 5.04. The number of esters is 1. The van der Waals surface area contributed by atoms with Gasteiger partial charge in [0.1, 0.15) is 6.10 Å². The van der Waals surface area contributed by atoms with E-state index >= 15 is 0 Å². The summed E-state index contributed by atoms with van der Waals surface area (Å²) in [5.41, 5.74) is -4.74. The van der Waals surface area contributed by atoms with E-state index in [0.717, 1.165) is 6.92 Å². The minimum atomic E-state index is -4.83. The van der Waals surface area contributed by atoms with E-state index < -0.39 is 41.0 Å². The zero-order valence-corrected chi connectivity index (χ0v) is 15.7. The van der Waals surface area contributed by atoms with Crippen LogP contribution in [0.2, 0.25) is 0 Å². The number of halogens is 3. The van der Waals surface area contributed by atoms with Crippen LogP contribution in [0.25, 0.3) is 0 Å². The van der Waals surface area contributed by atoms with Crippen molar-refractivity contribution in [3.8, 4) is 0 Å². The fraction of sp³-hybridized carbons (Fsp3) is 0.824. The zero-order valence-electron chi connectivity index (χ0n) is 15.7.